The zero-order valence-corrected chi connectivity index (χ0v) is 11.1. The number of nitrogens with two attached hydrogens (primary N) is 1. The maximum Gasteiger partial charge on any atom is 0.340 e. The number of anilines is 2. The molecule has 0 aliphatic heterocycles. The van der Waals surface area contributed by atoms with Crippen molar-refractivity contribution in [1.29, 1.82) is 0 Å². The van der Waals surface area contributed by atoms with Gasteiger partial charge in [0.2, 0.25) is 0 Å². The highest BCUT2D eigenvalue weighted by molar-refractivity contribution is 5.97. The number of methoxy groups -OCH3 is 2. The van der Waals surface area contributed by atoms with Crippen molar-refractivity contribution in [1.82, 2.24) is 4.98 Å². The van der Waals surface area contributed by atoms with Crippen molar-refractivity contribution in [3.8, 4) is 0 Å². The van der Waals surface area contributed by atoms with Crippen LogP contribution in [0.1, 0.15) is 10.4 Å². The van der Waals surface area contributed by atoms with Gasteiger partial charge in [0.05, 0.1) is 31.6 Å². The first-order valence-corrected chi connectivity index (χ1v) is 5.83. The van der Waals surface area contributed by atoms with E-state index in [-0.39, 0.29) is 17.9 Å². The standard InChI is InChI=1S/C12H19N3O4/c1-18-8-6-15(5-7-16)11-10(13)9(3-4-14-11)12(17)19-2/h3-4,16H,5-8,13H2,1-2H3. The molecule has 0 fully saturated rings. The summed E-state index contributed by atoms with van der Waals surface area (Å²) in [6, 6.07) is 1.50. The van der Waals surface area contributed by atoms with Gasteiger partial charge in [-0.25, -0.2) is 9.78 Å². The van der Waals surface area contributed by atoms with E-state index in [1.165, 1.54) is 19.4 Å². The van der Waals surface area contributed by atoms with Crippen molar-refractivity contribution >= 4 is 17.5 Å². The number of pyridine rings is 1. The number of rotatable bonds is 7. The second kappa shape index (κ2) is 7.55. The van der Waals surface area contributed by atoms with E-state index in [1.54, 1.807) is 12.0 Å². The van der Waals surface area contributed by atoms with Crippen LogP contribution in [0.5, 0.6) is 0 Å². The fraction of sp³-hybridized carbons (Fsp3) is 0.500. The molecule has 0 radical (unpaired) electrons. The average molecular weight is 269 g/mol. The van der Waals surface area contributed by atoms with Gasteiger partial charge in [-0.05, 0) is 6.07 Å². The maximum absolute atomic E-state index is 11.6. The van der Waals surface area contributed by atoms with Gasteiger partial charge in [0.1, 0.15) is 0 Å². The predicted molar refractivity (Wildman–Crippen MR) is 71.2 cm³/mol. The molecular weight excluding hydrogens is 250 g/mol. The third kappa shape index (κ3) is 3.80. The Bertz CT molecular complexity index is 425. The Morgan fingerprint density at radius 3 is 2.79 bits per heavy atom. The molecule has 0 aromatic carbocycles. The number of aromatic nitrogens is 1. The van der Waals surface area contributed by atoms with E-state index < -0.39 is 5.97 Å². The first-order valence-electron chi connectivity index (χ1n) is 5.83. The minimum atomic E-state index is -0.517. The summed E-state index contributed by atoms with van der Waals surface area (Å²) in [6.07, 6.45) is 1.48. The summed E-state index contributed by atoms with van der Waals surface area (Å²) in [5, 5.41) is 9.07. The smallest absolute Gasteiger partial charge is 0.340 e. The number of esters is 1. The van der Waals surface area contributed by atoms with E-state index in [2.05, 4.69) is 9.72 Å². The van der Waals surface area contributed by atoms with Crippen LogP contribution in [-0.2, 0) is 9.47 Å². The SMILES string of the molecule is COCCN(CCO)c1nccc(C(=O)OC)c1N. The molecule has 0 saturated heterocycles. The lowest BCUT2D eigenvalue weighted by Gasteiger charge is -2.24. The predicted octanol–water partition coefficient (Wildman–Crippen LogP) is -0.104. The van der Waals surface area contributed by atoms with Crippen LogP contribution in [0.2, 0.25) is 0 Å². The van der Waals surface area contributed by atoms with Crippen LogP contribution in [0.4, 0.5) is 11.5 Å². The molecule has 0 unspecified atom stereocenters. The van der Waals surface area contributed by atoms with Gasteiger partial charge in [0.15, 0.2) is 5.82 Å². The number of carbonyl (C=O) groups is 1. The van der Waals surface area contributed by atoms with Gasteiger partial charge < -0.3 is 25.2 Å². The number of ether oxygens (including phenoxy) is 2. The van der Waals surface area contributed by atoms with Crippen LogP contribution in [0.15, 0.2) is 12.3 Å². The van der Waals surface area contributed by atoms with Gasteiger partial charge in [-0.3, -0.25) is 0 Å². The molecule has 19 heavy (non-hydrogen) atoms. The van der Waals surface area contributed by atoms with Crippen molar-refractivity contribution in [2.24, 2.45) is 0 Å². The van der Waals surface area contributed by atoms with Gasteiger partial charge in [0.25, 0.3) is 0 Å². The molecule has 7 nitrogen and oxygen atoms in total. The van der Waals surface area contributed by atoms with Crippen molar-refractivity contribution in [2.45, 2.75) is 0 Å². The molecule has 7 heteroatoms. The second-order valence-corrected chi connectivity index (χ2v) is 3.79. The second-order valence-electron chi connectivity index (χ2n) is 3.79. The van der Waals surface area contributed by atoms with Crippen LogP contribution in [-0.4, -0.2) is 56.6 Å². The summed E-state index contributed by atoms with van der Waals surface area (Å²) in [5.74, 6) is -0.0779. The van der Waals surface area contributed by atoms with Crippen molar-refractivity contribution < 1.29 is 19.4 Å². The molecule has 0 aliphatic carbocycles. The number of aliphatic hydroxyl groups excluding tert-OH is 1. The molecule has 1 aromatic rings. The highest BCUT2D eigenvalue weighted by Crippen LogP contribution is 2.24. The molecule has 0 saturated carbocycles. The summed E-state index contributed by atoms with van der Waals surface area (Å²) >= 11 is 0. The van der Waals surface area contributed by atoms with E-state index in [4.69, 9.17) is 15.6 Å². The Kier molecular flexibility index (Phi) is 6.04. The Balaban J connectivity index is 3.05. The lowest BCUT2D eigenvalue weighted by molar-refractivity contribution is 0.0602. The normalized spacial score (nSPS) is 10.3. The summed E-state index contributed by atoms with van der Waals surface area (Å²) in [4.78, 5) is 17.5. The van der Waals surface area contributed by atoms with Gasteiger partial charge in [-0.2, -0.15) is 0 Å². The summed E-state index contributed by atoms with van der Waals surface area (Å²) in [5.41, 5.74) is 6.43. The lowest BCUT2D eigenvalue weighted by Crippen LogP contribution is -2.32. The first kappa shape index (κ1) is 15.2. The largest absolute Gasteiger partial charge is 0.465 e. The number of aliphatic hydroxyl groups is 1. The fourth-order valence-corrected chi connectivity index (χ4v) is 1.65. The number of hydrogen-bond acceptors (Lipinski definition) is 7. The molecule has 1 heterocycles. The van der Waals surface area contributed by atoms with Crippen LogP contribution in [0.25, 0.3) is 0 Å². The van der Waals surface area contributed by atoms with E-state index in [1.807, 2.05) is 0 Å². The topological polar surface area (TPSA) is 97.9 Å². The molecule has 0 atom stereocenters. The number of nitrogens with zero attached hydrogens (tertiary/aromatic N) is 2. The van der Waals surface area contributed by atoms with Crippen molar-refractivity contribution in [3.05, 3.63) is 17.8 Å². The Hall–Kier alpha value is -1.86. The molecule has 0 spiro atoms. The Morgan fingerprint density at radius 2 is 2.21 bits per heavy atom. The fourth-order valence-electron chi connectivity index (χ4n) is 1.65. The third-order valence-electron chi connectivity index (χ3n) is 2.61. The third-order valence-corrected chi connectivity index (χ3v) is 2.61. The monoisotopic (exact) mass is 269 g/mol. The average Bonchev–Trinajstić information content (AvgIpc) is 2.43. The van der Waals surface area contributed by atoms with Crippen LogP contribution >= 0.6 is 0 Å². The quantitative estimate of drug-likeness (QED) is 0.667. The van der Waals surface area contributed by atoms with Crippen LogP contribution in [0.3, 0.4) is 0 Å². The van der Waals surface area contributed by atoms with Gasteiger partial charge in [-0.15, -0.1) is 0 Å². The zero-order chi connectivity index (χ0) is 14.3. The number of nitrogen functional groups attached to an aromatic ring is 1. The van der Waals surface area contributed by atoms with Gasteiger partial charge in [0, 0.05) is 26.4 Å². The van der Waals surface area contributed by atoms with Crippen LogP contribution < -0.4 is 10.6 Å². The summed E-state index contributed by atoms with van der Waals surface area (Å²) in [6.45, 7) is 1.28. The first-order chi connectivity index (χ1) is 9.15. The van der Waals surface area contributed by atoms with Gasteiger partial charge >= 0.3 is 5.97 Å². The van der Waals surface area contributed by atoms with E-state index in [0.717, 1.165) is 0 Å². The molecule has 0 amide bonds. The summed E-state index contributed by atoms with van der Waals surface area (Å²) in [7, 11) is 2.87. The van der Waals surface area contributed by atoms with E-state index in [9.17, 15) is 4.79 Å². The van der Waals surface area contributed by atoms with E-state index in [0.29, 0.717) is 25.5 Å². The molecule has 0 bridgehead atoms. The van der Waals surface area contributed by atoms with Crippen molar-refractivity contribution in [2.75, 3.05) is 51.2 Å². The van der Waals surface area contributed by atoms with Crippen molar-refractivity contribution in [3.63, 3.8) is 0 Å². The van der Waals surface area contributed by atoms with Crippen LogP contribution in [0, 0.1) is 0 Å². The molecule has 1 rings (SSSR count). The maximum atomic E-state index is 11.6. The lowest BCUT2D eigenvalue weighted by atomic mass is 10.2. The minimum Gasteiger partial charge on any atom is -0.465 e. The molecule has 0 aliphatic rings. The molecule has 106 valence electrons. The molecule has 3 N–H and O–H groups in total. The van der Waals surface area contributed by atoms with E-state index >= 15 is 0 Å². The highest BCUT2D eigenvalue weighted by Gasteiger charge is 2.17. The molecule has 1 aromatic heterocycles. The number of hydrogen-bond donors (Lipinski definition) is 2. The minimum absolute atomic E-state index is 0.0483. The summed E-state index contributed by atoms with van der Waals surface area (Å²) < 4.78 is 9.65. The van der Waals surface area contributed by atoms with Gasteiger partial charge in [-0.1, -0.05) is 0 Å². The Labute approximate surface area is 111 Å². The highest BCUT2D eigenvalue weighted by atomic mass is 16.5. The zero-order valence-electron chi connectivity index (χ0n) is 11.1. The number of carbonyl (C=O) groups excluding carboxylic acids is 1. The molecular formula is C12H19N3O4. The Morgan fingerprint density at radius 1 is 1.47 bits per heavy atom.